The second-order valence-corrected chi connectivity index (χ2v) is 7.85. The number of hydrogen-bond donors (Lipinski definition) is 2. The van der Waals surface area contributed by atoms with Gasteiger partial charge in [-0.2, -0.15) is 0 Å². The van der Waals surface area contributed by atoms with Crippen LogP contribution in [0.5, 0.6) is 0 Å². The van der Waals surface area contributed by atoms with E-state index in [1.807, 2.05) is 6.92 Å². The van der Waals surface area contributed by atoms with Gasteiger partial charge in [0.2, 0.25) is 11.8 Å². The summed E-state index contributed by atoms with van der Waals surface area (Å²) in [4.78, 5) is 31.5. The van der Waals surface area contributed by atoms with Crippen LogP contribution in [-0.4, -0.2) is 46.4 Å². The standard InChI is InChI=1S/C22H25F3N4O2/c1-13-5-7-29(20(22(31)28-13)11-16-4-2-3-6-27-16)21(30)10-15(26)8-14-9-18(24)19(25)12-17(14)23/h2-4,6,9,12-13,15,20H,5,7-8,10-11,26H2,1H3,(H,28,31)/t13-,15-,20?/m1/s1. The van der Waals surface area contributed by atoms with Gasteiger partial charge >= 0.3 is 0 Å². The van der Waals surface area contributed by atoms with Crippen molar-refractivity contribution in [1.29, 1.82) is 0 Å². The molecule has 2 aromatic rings. The van der Waals surface area contributed by atoms with Crippen LogP contribution in [0.3, 0.4) is 0 Å². The molecule has 166 valence electrons. The van der Waals surface area contributed by atoms with Crippen molar-refractivity contribution in [3.8, 4) is 0 Å². The van der Waals surface area contributed by atoms with Crippen LogP contribution in [-0.2, 0) is 22.4 Å². The van der Waals surface area contributed by atoms with E-state index in [-0.39, 0.29) is 42.7 Å². The number of carbonyl (C=O) groups is 2. The predicted molar refractivity (Wildman–Crippen MR) is 108 cm³/mol. The molecule has 1 unspecified atom stereocenters. The molecule has 2 amide bonds. The molecule has 2 heterocycles. The fraction of sp³-hybridized carbons (Fsp3) is 0.409. The summed E-state index contributed by atoms with van der Waals surface area (Å²) in [5.41, 5.74) is 6.59. The quantitative estimate of drug-likeness (QED) is 0.682. The van der Waals surface area contributed by atoms with Crippen molar-refractivity contribution in [3.63, 3.8) is 0 Å². The average Bonchev–Trinajstić information content (AvgIpc) is 2.85. The van der Waals surface area contributed by atoms with E-state index in [0.29, 0.717) is 24.7 Å². The Morgan fingerprint density at radius 3 is 2.71 bits per heavy atom. The molecule has 0 spiro atoms. The first kappa shape index (κ1) is 22.7. The summed E-state index contributed by atoms with van der Waals surface area (Å²) in [6, 6.07) is 4.88. The van der Waals surface area contributed by atoms with Crippen molar-refractivity contribution in [2.45, 2.75) is 50.7 Å². The number of nitrogens with one attached hydrogen (secondary N) is 1. The number of aromatic nitrogens is 1. The molecule has 1 fully saturated rings. The van der Waals surface area contributed by atoms with E-state index < -0.39 is 29.5 Å². The minimum Gasteiger partial charge on any atom is -0.352 e. The van der Waals surface area contributed by atoms with Crippen molar-refractivity contribution in [2.75, 3.05) is 6.54 Å². The SMILES string of the molecule is C[C@@H]1CCN(C(=O)C[C@H](N)Cc2cc(F)c(F)cc2F)C(Cc2ccccn2)C(=O)N1. The number of nitrogens with two attached hydrogens (primary N) is 1. The maximum absolute atomic E-state index is 13.9. The summed E-state index contributed by atoms with van der Waals surface area (Å²) >= 11 is 0. The van der Waals surface area contributed by atoms with Crippen LogP contribution in [0.2, 0.25) is 0 Å². The minimum atomic E-state index is -1.28. The van der Waals surface area contributed by atoms with Gasteiger partial charge in [0.15, 0.2) is 11.6 Å². The number of benzene rings is 1. The zero-order valence-corrected chi connectivity index (χ0v) is 17.2. The van der Waals surface area contributed by atoms with Gasteiger partial charge in [-0.3, -0.25) is 14.6 Å². The van der Waals surface area contributed by atoms with Gasteiger partial charge in [-0.05, 0) is 43.5 Å². The van der Waals surface area contributed by atoms with E-state index >= 15 is 0 Å². The molecular weight excluding hydrogens is 409 g/mol. The van der Waals surface area contributed by atoms with Crippen molar-refractivity contribution in [3.05, 3.63) is 65.2 Å². The molecule has 31 heavy (non-hydrogen) atoms. The molecule has 1 aliphatic rings. The molecular formula is C22H25F3N4O2. The van der Waals surface area contributed by atoms with Crippen LogP contribution >= 0.6 is 0 Å². The highest BCUT2D eigenvalue weighted by Crippen LogP contribution is 2.18. The largest absolute Gasteiger partial charge is 0.352 e. The van der Waals surface area contributed by atoms with E-state index in [9.17, 15) is 22.8 Å². The lowest BCUT2D eigenvalue weighted by Crippen LogP contribution is -2.50. The second kappa shape index (κ2) is 9.91. The lowest BCUT2D eigenvalue weighted by Gasteiger charge is -2.29. The molecule has 3 rings (SSSR count). The minimum absolute atomic E-state index is 0.0958. The lowest BCUT2D eigenvalue weighted by molar-refractivity contribution is -0.139. The normalized spacial score (nSPS) is 20.2. The Labute approximate surface area is 178 Å². The zero-order chi connectivity index (χ0) is 22.5. The monoisotopic (exact) mass is 434 g/mol. The smallest absolute Gasteiger partial charge is 0.243 e. The van der Waals surface area contributed by atoms with Gasteiger partial charge < -0.3 is 16.0 Å². The van der Waals surface area contributed by atoms with Gasteiger partial charge in [0.1, 0.15) is 11.9 Å². The summed E-state index contributed by atoms with van der Waals surface area (Å²) in [6.45, 7) is 2.21. The summed E-state index contributed by atoms with van der Waals surface area (Å²) in [6.07, 6.45) is 2.13. The van der Waals surface area contributed by atoms with Crippen LogP contribution in [0.25, 0.3) is 0 Å². The van der Waals surface area contributed by atoms with Gasteiger partial charge in [0.25, 0.3) is 0 Å². The Morgan fingerprint density at radius 2 is 2.00 bits per heavy atom. The average molecular weight is 434 g/mol. The molecule has 9 heteroatoms. The second-order valence-electron chi connectivity index (χ2n) is 7.85. The van der Waals surface area contributed by atoms with Gasteiger partial charge in [-0.15, -0.1) is 0 Å². The summed E-state index contributed by atoms with van der Waals surface area (Å²) in [5.74, 6) is -4.01. The maximum atomic E-state index is 13.9. The van der Waals surface area contributed by atoms with Crippen molar-refractivity contribution in [1.82, 2.24) is 15.2 Å². The number of hydrogen-bond acceptors (Lipinski definition) is 4. The molecule has 0 bridgehead atoms. The van der Waals surface area contributed by atoms with E-state index in [2.05, 4.69) is 10.3 Å². The molecule has 0 radical (unpaired) electrons. The van der Waals surface area contributed by atoms with Crippen LogP contribution in [0.1, 0.15) is 31.0 Å². The number of halogens is 3. The molecule has 3 N–H and O–H groups in total. The third kappa shape index (κ3) is 5.81. The molecule has 0 aliphatic carbocycles. The summed E-state index contributed by atoms with van der Waals surface area (Å²) in [5, 5.41) is 2.89. The Bertz CT molecular complexity index is 942. The third-order valence-corrected chi connectivity index (χ3v) is 5.33. The van der Waals surface area contributed by atoms with E-state index in [4.69, 9.17) is 5.73 Å². The van der Waals surface area contributed by atoms with Crippen LogP contribution in [0.15, 0.2) is 36.5 Å². The van der Waals surface area contributed by atoms with Crippen molar-refractivity contribution < 1.29 is 22.8 Å². The number of nitrogens with zero attached hydrogens (tertiary/aromatic N) is 2. The molecule has 6 nitrogen and oxygen atoms in total. The van der Waals surface area contributed by atoms with Crippen LogP contribution < -0.4 is 11.1 Å². The van der Waals surface area contributed by atoms with Gasteiger partial charge in [0.05, 0.1) is 0 Å². The van der Waals surface area contributed by atoms with Crippen LogP contribution in [0.4, 0.5) is 13.2 Å². The highest BCUT2D eigenvalue weighted by molar-refractivity contribution is 5.88. The summed E-state index contributed by atoms with van der Waals surface area (Å²) in [7, 11) is 0. The highest BCUT2D eigenvalue weighted by atomic mass is 19.2. The van der Waals surface area contributed by atoms with Gasteiger partial charge in [0, 0.05) is 49.4 Å². The van der Waals surface area contributed by atoms with E-state index in [1.165, 1.54) is 4.90 Å². The Balaban J connectivity index is 1.73. The van der Waals surface area contributed by atoms with Gasteiger partial charge in [-0.1, -0.05) is 6.07 Å². The first-order chi connectivity index (χ1) is 14.7. The zero-order valence-electron chi connectivity index (χ0n) is 17.2. The molecule has 1 aliphatic heterocycles. The van der Waals surface area contributed by atoms with Crippen molar-refractivity contribution >= 4 is 11.8 Å². The third-order valence-electron chi connectivity index (χ3n) is 5.33. The van der Waals surface area contributed by atoms with Crippen LogP contribution in [0, 0.1) is 17.5 Å². The first-order valence-electron chi connectivity index (χ1n) is 10.1. The number of amides is 2. The first-order valence-corrected chi connectivity index (χ1v) is 10.1. The molecule has 1 aromatic heterocycles. The predicted octanol–water partition coefficient (Wildman–Crippen LogP) is 2.11. The highest BCUT2D eigenvalue weighted by Gasteiger charge is 2.34. The number of carbonyl (C=O) groups excluding carboxylic acids is 2. The Hall–Kier alpha value is -2.94. The van der Waals surface area contributed by atoms with E-state index in [0.717, 1.165) is 6.07 Å². The fourth-order valence-electron chi connectivity index (χ4n) is 3.68. The number of pyridine rings is 1. The Kier molecular flexibility index (Phi) is 7.27. The summed E-state index contributed by atoms with van der Waals surface area (Å²) < 4.78 is 40.5. The Morgan fingerprint density at radius 1 is 1.26 bits per heavy atom. The van der Waals surface area contributed by atoms with E-state index in [1.54, 1.807) is 24.4 Å². The maximum Gasteiger partial charge on any atom is 0.243 e. The molecule has 1 aromatic carbocycles. The molecule has 0 saturated carbocycles. The topological polar surface area (TPSA) is 88.3 Å². The fourth-order valence-corrected chi connectivity index (χ4v) is 3.68. The lowest BCUT2D eigenvalue weighted by atomic mass is 10.0. The van der Waals surface area contributed by atoms with Crippen molar-refractivity contribution in [2.24, 2.45) is 5.73 Å². The number of rotatable bonds is 6. The molecule has 1 saturated heterocycles. The van der Waals surface area contributed by atoms with Gasteiger partial charge in [-0.25, -0.2) is 13.2 Å². The molecule has 3 atom stereocenters.